The molecule has 0 atom stereocenters. The first kappa shape index (κ1) is 14.1. The number of nitrogens with zero attached hydrogens (tertiary/aromatic N) is 1. The lowest BCUT2D eigenvalue weighted by Gasteiger charge is -2.30. The Hall–Kier alpha value is -1.28. The van der Waals surface area contributed by atoms with Gasteiger partial charge in [0.25, 0.3) is 0 Å². The third kappa shape index (κ3) is 3.01. The number of rotatable bonds is 3. The van der Waals surface area contributed by atoms with Gasteiger partial charge in [-0.1, -0.05) is 6.07 Å². The molecule has 106 valence electrons. The summed E-state index contributed by atoms with van der Waals surface area (Å²) in [6.07, 6.45) is 2.24. The van der Waals surface area contributed by atoms with Gasteiger partial charge in [0.1, 0.15) is 0 Å². The van der Waals surface area contributed by atoms with Crippen LogP contribution in [0.1, 0.15) is 12.0 Å². The van der Waals surface area contributed by atoms with E-state index in [0.717, 1.165) is 16.1 Å². The summed E-state index contributed by atoms with van der Waals surface area (Å²) in [7, 11) is -7.49. The molecule has 19 heavy (non-hydrogen) atoms. The molecule has 0 bridgehead atoms. The molecular formula is C11H16N2O4S2. The highest BCUT2D eigenvalue weighted by atomic mass is 32.3. The first-order chi connectivity index (χ1) is 8.71. The molecule has 2 N–H and O–H groups in total. The fraction of sp³-hybridized carbons (Fsp3) is 0.455. The maximum Gasteiger partial charge on any atom is 0.249 e. The lowest BCUT2D eigenvalue weighted by atomic mass is 10.0. The minimum atomic E-state index is -3.88. The molecule has 0 saturated carbocycles. The van der Waals surface area contributed by atoms with Crippen LogP contribution in [0.5, 0.6) is 0 Å². The molecule has 0 amide bonds. The fourth-order valence-corrected chi connectivity index (χ4v) is 5.79. The molecule has 8 heteroatoms. The maximum absolute atomic E-state index is 12.2. The first-order valence-electron chi connectivity index (χ1n) is 5.76. The normalized spacial score (nSPS) is 16.2. The number of sulfone groups is 1. The van der Waals surface area contributed by atoms with Crippen LogP contribution < -0.4 is 10.0 Å². The largest absolute Gasteiger partial charge is 0.398 e. The van der Waals surface area contributed by atoms with Crippen molar-refractivity contribution in [2.45, 2.75) is 12.8 Å². The van der Waals surface area contributed by atoms with Crippen LogP contribution in [-0.2, 0) is 26.3 Å². The van der Waals surface area contributed by atoms with Crippen molar-refractivity contribution < 1.29 is 16.8 Å². The average Bonchev–Trinajstić information content (AvgIpc) is 2.25. The summed E-state index contributed by atoms with van der Waals surface area (Å²) in [4.78, 5) is 0. The van der Waals surface area contributed by atoms with Gasteiger partial charge in [-0.3, -0.25) is 4.31 Å². The van der Waals surface area contributed by atoms with Gasteiger partial charge in [0.2, 0.25) is 10.0 Å². The predicted molar refractivity (Wildman–Crippen MR) is 75.2 cm³/mol. The zero-order valence-corrected chi connectivity index (χ0v) is 12.2. The van der Waals surface area contributed by atoms with Crippen LogP contribution in [0.25, 0.3) is 0 Å². The molecular weight excluding hydrogens is 288 g/mol. The molecule has 6 nitrogen and oxygen atoms in total. The van der Waals surface area contributed by atoms with Gasteiger partial charge in [-0.25, -0.2) is 16.8 Å². The van der Waals surface area contributed by atoms with Crippen molar-refractivity contribution in [3.63, 3.8) is 0 Å². The molecule has 0 aliphatic carbocycles. The minimum Gasteiger partial charge on any atom is -0.398 e. The van der Waals surface area contributed by atoms with Gasteiger partial charge in [0, 0.05) is 18.5 Å². The Morgan fingerprint density at radius 2 is 1.95 bits per heavy atom. The Morgan fingerprint density at radius 3 is 2.58 bits per heavy atom. The van der Waals surface area contributed by atoms with Crippen LogP contribution >= 0.6 is 0 Å². The number of hydrogen-bond donors (Lipinski definition) is 1. The van der Waals surface area contributed by atoms with E-state index in [2.05, 4.69) is 0 Å². The molecule has 1 heterocycles. The molecule has 0 fully saturated rings. The summed E-state index contributed by atoms with van der Waals surface area (Å²) in [6.45, 7) is 0.286. The highest BCUT2D eigenvalue weighted by molar-refractivity contribution is 8.08. The van der Waals surface area contributed by atoms with Crippen LogP contribution in [0.15, 0.2) is 18.2 Å². The van der Waals surface area contributed by atoms with Gasteiger partial charge in [-0.05, 0) is 30.5 Å². The van der Waals surface area contributed by atoms with Crippen LogP contribution in [0.2, 0.25) is 0 Å². The Labute approximate surface area is 113 Å². The Bertz CT molecular complexity index is 695. The number of anilines is 2. The zero-order chi connectivity index (χ0) is 14.3. The third-order valence-corrected chi connectivity index (χ3v) is 6.90. The van der Waals surface area contributed by atoms with Gasteiger partial charge in [0.05, 0.1) is 5.69 Å². The lowest BCUT2D eigenvalue weighted by molar-refractivity contribution is 0.585. The highest BCUT2D eigenvalue weighted by Gasteiger charge is 2.30. The Kier molecular flexibility index (Phi) is 3.48. The summed E-state index contributed by atoms with van der Waals surface area (Å²) in [5.74, 6) is 0. The van der Waals surface area contributed by atoms with E-state index in [1.807, 2.05) is 0 Å². The molecule has 1 aliphatic heterocycles. The van der Waals surface area contributed by atoms with Crippen molar-refractivity contribution in [1.82, 2.24) is 0 Å². The van der Waals surface area contributed by atoms with Crippen LogP contribution in [0, 0.1) is 0 Å². The monoisotopic (exact) mass is 304 g/mol. The van der Waals surface area contributed by atoms with E-state index in [9.17, 15) is 16.8 Å². The summed E-state index contributed by atoms with van der Waals surface area (Å²) >= 11 is 0. The van der Waals surface area contributed by atoms with Crippen molar-refractivity contribution in [3.8, 4) is 0 Å². The average molecular weight is 304 g/mol. The smallest absolute Gasteiger partial charge is 0.249 e. The number of hydrogen-bond acceptors (Lipinski definition) is 5. The lowest BCUT2D eigenvalue weighted by Crippen LogP contribution is -2.39. The standard InChI is InChI=1S/C11H16N2O4S2/c1-18(14,15)8-19(16,17)13-7-3-4-9-10(12)5-2-6-11(9)13/h2,5-6H,3-4,7-8,12H2,1H3. The molecule has 0 radical (unpaired) electrons. The second-order valence-electron chi connectivity index (χ2n) is 4.68. The zero-order valence-electron chi connectivity index (χ0n) is 10.5. The van der Waals surface area contributed by atoms with Crippen LogP contribution in [0.4, 0.5) is 11.4 Å². The van der Waals surface area contributed by atoms with Crippen molar-refractivity contribution in [3.05, 3.63) is 23.8 Å². The summed E-state index contributed by atoms with van der Waals surface area (Å²) in [6, 6.07) is 5.04. The van der Waals surface area contributed by atoms with E-state index >= 15 is 0 Å². The third-order valence-electron chi connectivity index (χ3n) is 2.94. The molecule has 0 aromatic heterocycles. The number of benzene rings is 1. The summed E-state index contributed by atoms with van der Waals surface area (Å²) < 4.78 is 48.0. The van der Waals surface area contributed by atoms with Crippen molar-refractivity contribution in [2.75, 3.05) is 27.9 Å². The van der Waals surface area contributed by atoms with Crippen LogP contribution in [-0.4, -0.2) is 34.7 Å². The van der Waals surface area contributed by atoms with Gasteiger partial charge >= 0.3 is 0 Å². The van der Waals surface area contributed by atoms with Gasteiger partial charge in [-0.2, -0.15) is 0 Å². The minimum absolute atomic E-state index is 0.286. The quantitative estimate of drug-likeness (QED) is 0.813. The molecule has 0 spiro atoms. The highest BCUT2D eigenvalue weighted by Crippen LogP contribution is 2.33. The fourth-order valence-electron chi connectivity index (χ4n) is 2.24. The van der Waals surface area contributed by atoms with E-state index in [0.29, 0.717) is 24.2 Å². The second kappa shape index (κ2) is 4.68. The number of fused-ring (bicyclic) bond motifs is 1. The van der Waals surface area contributed by atoms with Crippen LogP contribution in [0.3, 0.4) is 0 Å². The van der Waals surface area contributed by atoms with E-state index in [1.54, 1.807) is 18.2 Å². The molecule has 0 saturated heterocycles. The topological polar surface area (TPSA) is 97.5 Å². The number of nitrogen functional groups attached to an aromatic ring is 1. The van der Waals surface area contributed by atoms with Gasteiger partial charge < -0.3 is 5.73 Å². The van der Waals surface area contributed by atoms with Gasteiger partial charge in [-0.15, -0.1) is 0 Å². The molecule has 2 rings (SSSR count). The van der Waals surface area contributed by atoms with Crippen molar-refractivity contribution >= 4 is 31.2 Å². The summed E-state index contributed by atoms with van der Waals surface area (Å²) in [5.41, 5.74) is 7.64. The summed E-state index contributed by atoms with van der Waals surface area (Å²) in [5, 5.41) is -0.881. The SMILES string of the molecule is CS(=O)(=O)CS(=O)(=O)N1CCCc2c(N)cccc21. The van der Waals surface area contributed by atoms with E-state index in [1.165, 1.54) is 0 Å². The maximum atomic E-state index is 12.2. The Balaban J connectivity index is 2.48. The first-order valence-corrected chi connectivity index (χ1v) is 9.43. The second-order valence-corrected chi connectivity index (χ2v) is 9.08. The molecule has 1 aromatic rings. The number of sulfonamides is 1. The Morgan fingerprint density at radius 1 is 1.26 bits per heavy atom. The van der Waals surface area contributed by atoms with E-state index < -0.39 is 24.9 Å². The van der Waals surface area contributed by atoms with Crippen molar-refractivity contribution in [1.29, 1.82) is 0 Å². The molecule has 0 unspecified atom stereocenters. The van der Waals surface area contributed by atoms with Crippen molar-refractivity contribution in [2.24, 2.45) is 0 Å². The predicted octanol–water partition coefficient (Wildman–Crippen LogP) is 0.353. The van der Waals surface area contributed by atoms with Gasteiger partial charge in [0.15, 0.2) is 14.9 Å². The molecule has 1 aliphatic rings. The van der Waals surface area contributed by atoms with E-state index in [4.69, 9.17) is 5.73 Å². The van der Waals surface area contributed by atoms with E-state index in [-0.39, 0.29) is 6.54 Å². The number of nitrogens with two attached hydrogens (primary N) is 1. The molecule has 1 aromatic carbocycles.